The van der Waals surface area contributed by atoms with Gasteiger partial charge in [-0.15, -0.1) is 0 Å². The topological polar surface area (TPSA) is 92.4 Å². The molecule has 5 nitrogen and oxygen atoms in total. The fraction of sp³-hybridized carbons (Fsp3) is 0.0667. The van der Waals surface area contributed by atoms with Crippen LogP contribution in [0.15, 0.2) is 48.5 Å². The Balaban J connectivity index is 2.31. The highest BCUT2D eigenvalue weighted by Crippen LogP contribution is 2.17. The van der Waals surface area contributed by atoms with Crippen LogP contribution in [0, 0.1) is 0 Å². The lowest BCUT2D eigenvalue weighted by Gasteiger charge is -2.10. The van der Waals surface area contributed by atoms with Crippen LogP contribution in [-0.2, 0) is 6.54 Å². The maximum Gasteiger partial charge on any atom is 0.336 e. The number of carboxylic acid groups (broad SMARTS) is 1. The van der Waals surface area contributed by atoms with Crippen molar-refractivity contribution in [2.75, 3.05) is 5.32 Å². The molecule has 0 aromatic heterocycles. The van der Waals surface area contributed by atoms with E-state index in [1.807, 2.05) is 6.07 Å². The van der Waals surface area contributed by atoms with Crippen molar-refractivity contribution in [3.05, 3.63) is 65.2 Å². The first-order chi connectivity index (χ1) is 9.63. The van der Waals surface area contributed by atoms with Crippen LogP contribution in [0.4, 0.5) is 5.69 Å². The molecular formula is C15H14N2O3. The van der Waals surface area contributed by atoms with Crippen LogP contribution >= 0.6 is 0 Å². The highest BCUT2D eigenvalue weighted by atomic mass is 16.4. The van der Waals surface area contributed by atoms with Crippen molar-refractivity contribution in [2.24, 2.45) is 5.73 Å². The van der Waals surface area contributed by atoms with Gasteiger partial charge in [0.15, 0.2) is 0 Å². The number of hydrogen-bond acceptors (Lipinski definition) is 3. The summed E-state index contributed by atoms with van der Waals surface area (Å²) >= 11 is 0. The van der Waals surface area contributed by atoms with Crippen LogP contribution in [0.3, 0.4) is 0 Å². The number of nitrogens with two attached hydrogens (primary N) is 1. The lowest BCUT2D eigenvalue weighted by atomic mass is 10.1. The molecule has 0 aliphatic rings. The Kier molecular flexibility index (Phi) is 4.12. The maximum atomic E-state index is 12.2. The Morgan fingerprint density at radius 2 is 1.60 bits per heavy atom. The Labute approximate surface area is 116 Å². The largest absolute Gasteiger partial charge is 0.478 e. The first-order valence-corrected chi connectivity index (χ1v) is 6.05. The van der Waals surface area contributed by atoms with E-state index in [1.165, 1.54) is 12.1 Å². The van der Waals surface area contributed by atoms with Crippen LogP contribution in [0.1, 0.15) is 26.3 Å². The fourth-order valence-corrected chi connectivity index (χ4v) is 1.88. The average Bonchev–Trinajstić information content (AvgIpc) is 2.47. The van der Waals surface area contributed by atoms with Gasteiger partial charge < -0.3 is 16.2 Å². The summed E-state index contributed by atoms with van der Waals surface area (Å²) in [6.45, 7) is 0.289. The van der Waals surface area contributed by atoms with E-state index in [2.05, 4.69) is 5.32 Å². The number of anilines is 1. The average molecular weight is 270 g/mol. The number of nitrogens with one attached hydrogen (secondary N) is 1. The van der Waals surface area contributed by atoms with Crippen LogP contribution < -0.4 is 11.1 Å². The SMILES string of the molecule is NCc1ccccc1NC(=O)c1ccccc1C(=O)O. The van der Waals surface area contributed by atoms with E-state index in [9.17, 15) is 9.59 Å². The number of amides is 1. The molecule has 0 radical (unpaired) electrons. The molecule has 1 amide bonds. The zero-order chi connectivity index (χ0) is 14.5. The first kappa shape index (κ1) is 13.8. The number of carbonyl (C=O) groups excluding carboxylic acids is 1. The second kappa shape index (κ2) is 5.99. The molecule has 0 atom stereocenters. The molecule has 2 rings (SSSR count). The van der Waals surface area contributed by atoms with Crippen molar-refractivity contribution in [3.63, 3.8) is 0 Å². The molecule has 0 bridgehead atoms. The third-order valence-corrected chi connectivity index (χ3v) is 2.89. The highest BCUT2D eigenvalue weighted by Gasteiger charge is 2.16. The molecule has 20 heavy (non-hydrogen) atoms. The number of aromatic carboxylic acids is 1. The van der Waals surface area contributed by atoms with E-state index in [-0.39, 0.29) is 17.7 Å². The number of para-hydroxylation sites is 1. The quantitative estimate of drug-likeness (QED) is 0.793. The van der Waals surface area contributed by atoms with Gasteiger partial charge in [0.2, 0.25) is 0 Å². The standard InChI is InChI=1S/C15H14N2O3/c16-9-10-5-1-4-8-13(10)17-14(18)11-6-2-3-7-12(11)15(19)20/h1-8H,9,16H2,(H,17,18)(H,19,20). The lowest BCUT2D eigenvalue weighted by molar-refractivity contribution is 0.0692. The van der Waals surface area contributed by atoms with Gasteiger partial charge in [-0.05, 0) is 23.8 Å². The van der Waals surface area contributed by atoms with Crippen molar-refractivity contribution in [2.45, 2.75) is 6.54 Å². The Morgan fingerprint density at radius 3 is 2.25 bits per heavy atom. The Hall–Kier alpha value is -2.66. The molecule has 5 heteroatoms. The van der Waals surface area contributed by atoms with E-state index in [0.29, 0.717) is 5.69 Å². The number of benzene rings is 2. The third-order valence-electron chi connectivity index (χ3n) is 2.89. The van der Waals surface area contributed by atoms with E-state index < -0.39 is 11.9 Å². The summed E-state index contributed by atoms with van der Waals surface area (Å²) < 4.78 is 0. The van der Waals surface area contributed by atoms with Crippen LogP contribution in [0.25, 0.3) is 0 Å². The predicted molar refractivity (Wildman–Crippen MR) is 75.7 cm³/mol. The number of carbonyl (C=O) groups is 2. The van der Waals surface area contributed by atoms with Crippen molar-refractivity contribution in [1.29, 1.82) is 0 Å². The second-order valence-corrected chi connectivity index (χ2v) is 4.17. The predicted octanol–water partition coefficient (Wildman–Crippen LogP) is 2.10. The van der Waals surface area contributed by atoms with Gasteiger partial charge in [0.25, 0.3) is 5.91 Å². The molecule has 0 saturated carbocycles. The van der Waals surface area contributed by atoms with Crippen molar-refractivity contribution in [3.8, 4) is 0 Å². The van der Waals surface area contributed by atoms with Crippen molar-refractivity contribution >= 4 is 17.6 Å². The van der Waals surface area contributed by atoms with E-state index in [0.717, 1.165) is 5.56 Å². The molecule has 0 unspecified atom stereocenters. The Morgan fingerprint density at radius 1 is 1.00 bits per heavy atom. The minimum atomic E-state index is -1.14. The zero-order valence-electron chi connectivity index (χ0n) is 10.7. The molecule has 4 N–H and O–H groups in total. The number of carboxylic acids is 1. The number of rotatable bonds is 4. The molecule has 0 saturated heterocycles. The van der Waals surface area contributed by atoms with Gasteiger partial charge in [-0.3, -0.25) is 4.79 Å². The van der Waals surface area contributed by atoms with Gasteiger partial charge in [0.05, 0.1) is 11.1 Å². The minimum Gasteiger partial charge on any atom is -0.478 e. The second-order valence-electron chi connectivity index (χ2n) is 4.17. The van der Waals surface area contributed by atoms with Crippen molar-refractivity contribution in [1.82, 2.24) is 0 Å². The molecule has 2 aromatic carbocycles. The summed E-state index contributed by atoms with van der Waals surface area (Å²) in [6, 6.07) is 13.2. The first-order valence-electron chi connectivity index (χ1n) is 6.05. The van der Waals surface area contributed by atoms with Gasteiger partial charge in [-0.2, -0.15) is 0 Å². The van der Waals surface area contributed by atoms with Crippen molar-refractivity contribution < 1.29 is 14.7 Å². The summed E-state index contributed by atoms with van der Waals surface area (Å²) in [5, 5.41) is 11.8. The van der Waals surface area contributed by atoms with Gasteiger partial charge in [0.1, 0.15) is 0 Å². The molecule has 0 spiro atoms. The van der Waals surface area contributed by atoms with Crippen LogP contribution in [0.2, 0.25) is 0 Å². The molecule has 2 aromatic rings. The normalized spacial score (nSPS) is 10.1. The van der Waals surface area contributed by atoms with Gasteiger partial charge in [0, 0.05) is 12.2 Å². The smallest absolute Gasteiger partial charge is 0.336 e. The molecule has 0 fully saturated rings. The van der Waals surface area contributed by atoms with E-state index >= 15 is 0 Å². The van der Waals surface area contributed by atoms with Crippen LogP contribution in [0.5, 0.6) is 0 Å². The zero-order valence-corrected chi connectivity index (χ0v) is 10.7. The summed E-state index contributed by atoms with van der Waals surface area (Å²) in [6.07, 6.45) is 0. The summed E-state index contributed by atoms with van der Waals surface area (Å²) in [5.74, 6) is -1.60. The molecular weight excluding hydrogens is 256 g/mol. The van der Waals surface area contributed by atoms with Gasteiger partial charge >= 0.3 is 5.97 Å². The summed E-state index contributed by atoms with van der Waals surface area (Å²) in [7, 11) is 0. The van der Waals surface area contributed by atoms with E-state index in [1.54, 1.807) is 30.3 Å². The summed E-state index contributed by atoms with van der Waals surface area (Å²) in [5.41, 5.74) is 7.05. The summed E-state index contributed by atoms with van der Waals surface area (Å²) in [4.78, 5) is 23.3. The number of hydrogen-bond donors (Lipinski definition) is 3. The minimum absolute atomic E-state index is 0.0322. The molecule has 0 aliphatic heterocycles. The van der Waals surface area contributed by atoms with Gasteiger partial charge in [-0.1, -0.05) is 30.3 Å². The molecule has 102 valence electrons. The fourth-order valence-electron chi connectivity index (χ4n) is 1.88. The molecule has 0 aliphatic carbocycles. The van der Waals surface area contributed by atoms with Crippen LogP contribution in [-0.4, -0.2) is 17.0 Å². The van der Waals surface area contributed by atoms with Gasteiger partial charge in [-0.25, -0.2) is 4.79 Å². The maximum absolute atomic E-state index is 12.2. The molecule has 0 heterocycles. The van der Waals surface area contributed by atoms with E-state index in [4.69, 9.17) is 10.8 Å². The highest BCUT2D eigenvalue weighted by molar-refractivity contribution is 6.10. The Bertz CT molecular complexity index is 653. The lowest BCUT2D eigenvalue weighted by Crippen LogP contribution is -2.17. The third kappa shape index (κ3) is 2.84. The monoisotopic (exact) mass is 270 g/mol.